The van der Waals surface area contributed by atoms with Crippen LogP contribution in [0, 0.1) is 11.3 Å². The molecule has 25 heavy (non-hydrogen) atoms. The zero-order valence-corrected chi connectivity index (χ0v) is 18.0. The van der Waals surface area contributed by atoms with E-state index in [4.69, 9.17) is 9.47 Å². The first-order valence-corrected chi connectivity index (χ1v) is 10.0. The van der Waals surface area contributed by atoms with Crippen molar-refractivity contribution in [1.29, 1.82) is 0 Å². The summed E-state index contributed by atoms with van der Waals surface area (Å²) in [6.45, 7) is 15.3. The van der Waals surface area contributed by atoms with Crippen LogP contribution >= 0.6 is 0 Å². The van der Waals surface area contributed by atoms with Gasteiger partial charge in [0.15, 0.2) is 0 Å². The monoisotopic (exact) mass is 350 g/mol. The molecular weight excluding hydrogens is 308 g/mol. The molecule has 0 fully saturated rings. The molecule has 0 aliphatic carbocycles. The molecule has 1 aromatic carbocycles. The average Bonchev–Trinajstić information content (AvgIpc) is 2.56. The molecule has 1 unspecified atom stereocenters. The first-order valence-electron chi connectivity index (χ1n) is 10.0. The van der Waals surface area contributed by atoms with Crippen LogP contribution in [-0.2, 0) is 11.2 Å². The number of hydrogen-bond acceptors (Lipinski definition) is 2. The maximum absolute atomic E-state index is 5.89. The van der Waals surface area contributed by atoms with Crippen LogP contribution in [0.15, 0.2) is 24.3 Å². The van der Waals surface area contributed by atoms with E-state index in [-0.39, 0.29) is 11.7 Å². The van der Waals surface area contributed by atoms with Gasteiger partial charge < -0.3 is 9.47 Å². The Bertz CT molecular complexity index is 411. The summed E-state index contributed by atoms with van der Waals surface area (Å²) < 4.78 is 11.3. The summed E-state index contributed by atoms with van der Waals surface area (Å²) in [5.41, 5.74) is 1.33. The van der Waals surface area contributed by atoms with Crippen LogP contribution in [-0.4, -0.2) is 13.4 Å². The van der Waals surface area contributed by atoms with Crippen molar-refractivity contribution >= 4 is 0 Å². The maximum Gasteiger partial charge on any atom is 0.204 e. The molecule has 146 valence electrons. The molecule has 0 heterocycles. The minimum Gasteiger partial charge on any atom is -0.464 e. The van der Waals surface area contributed by atoms with Crippen LogP contribution in [0.4, 0.5) is 0 Å². The molecule has 2 nitrogen and oxygen atoms in total. The van der Waals surface area contributed by atoms with Crippen molar-refractivity contribution in [2.24, 2.45) is 11.3 Å². The van der Waals surface area contributed by atoms with Crippen molar-refractivity contribution in [3.8, 4) is 5.75 Å². The lowest BCUT2D eigenvalue weighted by molar-refractivity contribution is -0.120. The maximum atomic E-state index is 5.89. The van der Waals surface area contributed by atoms with Gasteiger partial charge in [-0.25, -0.2) is 0 Å². The van der Waals surface area contributed by atoms with E-state index in [1.54, 1.807) is 7.11 Å². The van der Waals surface area contributed by atoms with Crippen molar-refractivity contribution in [2.75, 3.05) is 7.11 Å². The van der Waals surface area contributed by atoms with E-state index in [9.17, 15) is 0 Å². The van der Waals surface area contributed by atoms with Gasteiger partial charge in [-0.1, -0.05) is 86.3 Å². The van der Waals surface area contributed by atoms with E-state index in [0.29, 0.717) is 0 Å². The fourth-order valence-electron chi connectivity index (χ4n) is 2.39. The Morgan fingerprint density at radius 2 is 1.44 bits per heavy atom. The third-order valence-electron chi connectivity index (χ3n) is 4.06. The van der Waals surface area contributed by atoms with Crippen molar-refractivity contribution in [1.82, 2.24) is 0 Å². The second-order valence-electron chi connectivity index (χ2n) is 8.34. The highest BCUT2D eigenvalue weighted by Gasteiger charge is 2.26. The molecule has 1 aromatic rings. The Hall–Kier alpha value is -1.02. The summed E-state index contributed by atoms with van der Waals surface area (Å²) >= 11 is 0. The molecule has 0 aliphatic heterocycles. The highest BCUT2D eigenvalue weighted by atomic mass is 16.7. The predicted octanol–water partition coefficient (Wildman–Crippen LogP) is 7.26. The SMILES string of the molecule is CCCCCC.COC(Oc1ccc(CCC(C)C)cc1)C(C)(C)C. The Morgan fingerprint density at radius 1 is 0.920 bits per heavy atom. The second kappa shape index (κ2) is 13.2. The fourth-order valence-corrected chi connectivity index (χ4v) is 2.39. The van der Waals surface area contributed by atoms with Gasteiger partial charge in [-0.3, -0.25) is 0 Å². The van der Waals surface area contributed by atoms with Gasteiger partial charge in [-0.05, 0) is 36.5 Å². The normalized spacial score (nSPS) is 12.5. The van der Waals surface area contributed by atoms with Crippen molar-refractivity contribution in [2.45, 2.75) is 93.3 Å². The molecule has 0 radical (unpaired) electrons. The fraction of sp³-hybridized carbons (Fsp3) is 0.739. The standard InChI is InChI=1S/C17H28O2.C6H14/c1-13(2)7-8-14-9-11-15(12-10-14)19-16(18-6)17(3,4)5;1-3-5-6-4-2/h9-13,16H,7-8H2,1-6H3;3-6H2,1-2H3. The Balaban J connectivity index is 0.000000823. The van der Waals surface area contributed by atoms with Gasteiger partial charge in [0.05, 0.1) is 0 Å². The van der Waals surface area contributed by atoms with Crippen LogP contribution < -0.4 is 4.74 Å². The lowest BCUT2D eigenvalue weighted by Gasteiger charge is -2.29. The highest BCUT2D eigenvalue weighted by molar-refractivity contribution is 5.27. The van der Waals surface area contributed by atoms with Crippen molar-refractivity contribution < 1.29 is 9.47 Å². The largest absolute Gasteiger partial charge is 0.464 e. The van der Waals surface area contributed by atoms with E-state index < -0.39 is 0 Å². The van der Waals surface area contributed by atoms with E-state index in [1.807, 2.05) is 12.1 Å². The van der Waals surface area contributed by atoms with Gasteiger partial charge in [0.1, 0.15) is 5.75 Å². The van der Waals surface area contributed by atoms with Crippen molar-refractivity contribution in [3.05, 3.63) is 29.8 Å². The molecule has 0 saturated carbocycles. The van der Waals surface area contributed by atoms with Crippen LogP contribution in [0.5, 0.6) is 5.75 Å². The average molecular weight is 351 g/mol. The number of benzene rings is 1. The summed E-state index contributed by atoms with van der Waals surface area (Å²) in [5, 5.41) is 0. The van der Waals surface area contributed by atoms with E-state index in [1.165, 1.54) is 37.7 Å². The van der Waals surface area contributed by atoms with Gasteiger partial charge in [0.2, 0.25) is 6.29 Å². The Kier molecular flexibility index (Phi) is 12.7. The minimum absolute atomic E-state index is 0.0366. The summed E-state index contributed by atoms with van der Waals surface area (Å²) in [7, 11) is 1.69. The number of rotatable bonds is 9. The number of aryl methyl sites for hydroxylation is 1. The minimum atomic E-state index is -0.228. The first kappa shape index (κ1) is 24.0. The molecule has 0 aliphatic rings. The van der Waals surface area contributed by atoms with Gasteiger partial charge in [0, 0.05) is 12.5 Å². The quantitative estimate of drug-likeness (QED) is 0.344. The number of unbranched alkanes of at least 4 members (excludes halogenated alkanes) is 3. The molecule has 1 rings (SSSR count). The second-order valence-corrected chi connectivity index (χ2v) is 8.34. The Morgan fingerprint density at radius 3 is 1.80 bits per heavy atom. The molecule has 0 N–H and O–H groups in total. The summed E-state index contributed by atoms with van der Waals surface area (Å²) in [6.07, 6.45) is 7.66. The van der Waals surface area contributed by atoms with E-state index >= 15 is 0 Å². The van der Waals surface area contributed by atoms with Crippen LogP contribution in [0.3, 0.4) is 0 Å². The summed E-state index contributed by atoms with van der Waals surface area (Å²) in [4.78, 5) is 0. The Labute approximate surface area is 157 Å². The van der Waals surface area contributed by atoms with E-state index in [0.717, 1.165) is 18.1 Å². The molecule has 2 heteroatoms. The lowest BCUT2D eigenvalue weighted by atomic mass is 9.96. The topological polar surface area (TPSA) is 18.5 Å². The number of ether oxygens (including phenoxy) is 2. The molecule has 0 aromatic heterocycles. The highest BCUT2D eigenvalue weighted by Crippen LogP contribution is 2.25. The van der Waals surface area contributed by atoms with E-state index in [2.05, 4.69) is 60.6 Å². The van der Waals surface area contributed by atoms with Gasteiger partial charge in [0.25, 0.3) is 0 Å². The van der Waals surface area contributed by atoms with Crippen molar-refractivity contribution in [3.63, 3.8) is 0 Å². The molecule has 0 bridgehead atoms. The van der Waals surface area contributed by atoms with Crippen LogP contribution in [0.2, 0.25) is 0 Å². The van der Waals surface area contributed by atoms with Gasteiger partial charge in [-0.2, -0.15) is 0 Å². The summed E-state index contributed by atoms with van der Waals surface area (Å²) in [5.74, 6) is 1.62. The predicted molar refractivity (Wildman–Crippen MR) is 110 cm³/mol. The molecule has 0 amide bonds. The summed E-state index contributed by atoms with van der Waals surface area (Å²) in [6, 6.07) is 8.36. The molecule has 1 atom stereocenters. The zero-order chi connectivity index (χ0) is 19.3. The van der Waals surface area contributed by atoms with Gasteiger partial charge >= 0.3 is 0 Å². The van der Waals surface area contributed by atoms with Crippen LogP contribution in [0.25, 0.3) is 0 Å². The zero-order valence-electron chi connectivity index (χ0n) is 18.0. The molecule has 0 saturated heterocycles. The molecule has 0 spiro atoms. The third kappa shape index (κ3) is 12.0. The third-order valence-corrected chi connectivity index (χ3v) is 4.06. The molecular formula is C23H42O2. The number of hydrogen-bond donors (Lipinski definition) is 0. The smallest absolute Gasteiger partial charge is 0.204 e. The number of methoxy groups -OCH3 is 1. The van der Waals surface area contributed by atoms with Gasteiger partial charge in [-0.15, -0.1) is 0 Å². The van der Waals surface area contributed by atoms with Crippen LogP contribution in [0.1, 0.15) is 86.1 Å². The lowest BCUT2D eigenvalue weighted by Crippen LogP contribution is -2.33. The first-order chi connectivity index (χ1) is 11.7.